The Kier molecular flexibility index (Phi) is 5.60. The zero-order valence-corrected chi connectivity index (χ0v) is 14.5. The van der Waals surface area contributed by atoms with Crippen LogP contribution in [0, 0.1) is 0 Å². The molecule has 0 unspecified atom stereocenters. The van der Waals surface area contributed by atoms with Crippen LogP contribution in [0.1, 0.15) is 35.8 Å². The van der Waals surface area contributed by atoms with Crippen LogP contribution in [0.5, 0.6) is 0 Å². The van der Waals surface area contributed by atoms with E-state index >= 15 is 0 Å². The van der Waals surface area contributed by atoms with E-state index < -0.39 is 0 Å². The second-order valence-corrected chi connectivity index (χ2v) is 6.50. The molecule has 1 aromatic heterocycles. The molecule has 1 aliphatic heterocycles. The first kappa shape index (κ1) is 17.4. The van der Waals surface area contributed by atoms with Gasteiger partial charge in [0, 0.05) is 18.7 Å². The first-order valence-corrected chi connectivity index (χ1v) is 8.78. The second kappa shape index (κ2) is 8.07. The molecule has 1 saturated heterocycles. The Labute approximate surface area is 147 Å². The summed E-state index contributed by atoms with van der Waals surface area (Å²) in [5, 5.41) is 7.15. The van der Waals surface area contributed by atoms with Gasteiger partial charge in [-0.25, -0.2) is 4.68 Å². The van der Waals surface area contributed by atoms with Gasteiger partial charge in [0.25, 0.3) is 11.5 Å². The highest BCUT2D eigenvalue weighted by Crippen LogP contribution is 2.10. The van der Waals surface area contributed by atoms with Crippen molar-refractivity contribution in [1.29, 1.82) is 0 Å². The molecule has 2 aromatic rings. The maximum Gasteiger partial charge on any atom is 0.271 e. The molecule has 1 aliphatic rings. The van der Waals surface area contributed by atoms with Crippen LogP contribution < -0.4 is 10.9 Å². The topological polar surface area (TPSA) is 67.2 Å². The van der Waals surface area contributed by atoms with E-state index in [1.54, 1.807) is 0 Å². The number of nitrogens with one attached hydrogen (secondary N) is 1. The van der Waals surface area contributed by atoms with Gasteiger partial charge in [-0.15, -0.1) is 0 Å². The fraction of sp³-hybridized carbons (Fsp3) is 0.421. The molecule has 1 fully saturated rings. The molecule has 0 bridgehead atoms. The number of carbonyl (C=O) groups is 1. The third-order valence-corrected chi connectivity index (χ3v) is 4.60. The number of aromatic nitrogens is 2. The molecule has 0 aliphatic carbocycles. The van der Waals surface area contributed by atoms with Gasteiger partial charge in [-0.05, 0) is 44.5 Å². The Morgan fingerprint density at radius 1 is 1.16 bits per heavy atom. The molecule has 0 spiro atoms. The Hall–Kier alpha value is -2.47. The zero-order chi connectivity index (χ0) is 17.6. The minimum absolute atomic E-state index is 0.217. The number of benzene rings is 1. The van der Waals surface area contributed by atoms with Gasteiger partial charge in [0.05, 0.1) is 6.54 Å². The van der Waals surface area contributed by atoms with Crippen molar-refractivity contribution in [3.8, 4) is 0 Å². The molecule has 6 nitrogen and oxygen atoms in total. The van der Waals surface area contributed by atoms with Crippen molar-refractivity contribution in [3.63, 3.8) is 0 Å². The van der Waals surface area contributed by atoms with Gasteiger partial charge < -0.3 is 5.32 Å². The van der Waals surface area contributed by atoms with E-state index in [9.17, 15) is 9.59 Å². The summed E-state index contributed by atoms with van der Waals surface area (Å²) in [5.41, 5.74) is 1.02. The molecular weight excluding hydrogens is 316 g/mol. The van der Waals surface area contributed by atoms with Crippen molar-refractivity contribution in [2.45, 2.75) is 32.4 Å². The first-order valence-electron chi connectivity index (χ1n) is 8.78. The minimum Gasteiger partial charge on any atom is -0.349 e. The lowest BCUT2D eigenvalue weighted by atomic mass is 10.2. The minimum atomic E-state index is -0.243. The molecule has 1 amide bonds. The highest BCUT2D eigenvalue weighted by Gasteiger charge is 2.19. The summed E-state index contributed by atoms with van der Waals surface area (Å²) in [6, 6.07) is 12.8. The Morgan fingerprint density at radius 2 is 1.88 bits per heavy atom. The molecule has 6 heteroatoms. The lowest BCUT2D eigenvalue weighted by molar-refractivity contribution is 0.0933. The summed E-state index contributed by atoms with van der Waals surface area (Å²) in [6.07, 6.45) is 2.45. The Bertz CT molecular complexity index is 766. The fourth-order valence-electron chi connectivity index (χ4n) is 3.08. The van der Waals surface area contributed by atoms with Crippen LogP contribution in [0.3, 0.4) is 0 Å². The molecule has 0 saturated carbocycles. The van der Waals surface area contributed by atoms with Crippen molar-refractivity contribution >= 4 is 5.91 Å². The summed E-state index contributed by atoms with van der Waals surface area (Å²) in [6.45, 7) is 5.24. The molecule has 1 atom stereocenters. The monoisotopic (exact) mass is 340 g/mol. The molecule has 25 heavy (non-hydrogen) atoms. The van der Waals surface area contributed by atoms with Crippen LogP contribution in [-0.2, 0) is 6.54 Å². The maximum absolute atomic E-state index is 12.4. The molecular formula is C19H24N4O2. The molecule has 0 radical (unpaired) electrons. The molecule has 2 heterocycles. The number of carbonyl (C=O) groups excluding carboxylic acids is 1. The van der Waals surface area contributed by atoms with Crippen molar-refractivity contribution in [1.82, 2.24) is 20.0 Å². The van der Waals surface area contributed by atoms with Crippen molar-refractivity contribution in [3.05, 3.63) is 64.1 Å². The zero-order valence-electron chi connectivity index (χ0n) is 14.5. The van der Waals surface area contributed by atoms with Crippen LogP contribution in [-0.4, -0.2) is 46.3 Å². The van der Waals surface area contributed by atoms with Crippen LogP contribution in [0.15, 0.2) is 47.3 Å². The summed E-state index contributed by atoms with van der Waals surface area (Å²) < 4.78 is 1.33. The first-order chi connectivity index (χ1) is 12.1. The van der Waals surface area contributed by atoms with Crippen LogP contribution >= 0.6 is 0 Å². The molecule has 1 N–H and O–H groups in total. The molecule has 132 valence electrons. The average molecular weight is 340 g/mol. The standard InChI is InChI=1S/C19H24N4O2/c1-15(22-11-5-6-12-22)13-20-19(25)17-9-10-18(24)23(21-17)14-16-7-3-2-4-8-16/h2-4,7-10,15H,5-6,11-14H2,1H3,(H,20,25)/t15-/m0/s1. The van der Waals surface area contributed by atoms with Crippen LogP contribution in [0.4, 0.5) is 0 Å². The number of amides is 1. The van der Waals surface area contributed by atoms with Gasteiger partial charge in [-0.1, -0.05) is 30.3 Å². The SMILES string of the molecule is C[C@@H](CNC(=O)c1ccc(=O)n(Cc2ccccc2)n1)N1CCCC1. The number of nitrogens with zero attached hydrogens (tertiary/aromatic N) is 3. The van der Waals surface area contributed by atoms with Crippen molar-refractivity contribution in [2.24, 2.45) is 0 Å². The third-order valence-electron chi connectivity index (χ3n) is 4.60. The smallest absolute Gasteiger partial charge is 0.271 e. The number of hydrogen-bond acceptors (Lipinski definition) is 4. The average Bonchev–Trinajstić information content (AvgIpc) is 3.17. The van der Waals surface area contributed by atoms with E-state index in [-0.39, 0.29) is 17.2 Å². The molecule has 1 aromatic carbocycles. The number of rotatable bonds is 6. The van der Waals surface area contributed by atoms with Crippen molar-refractivity contribution < 1.29 is 4.79 Å². The van der Waals surface area contributed by atoms with Gasteiger partial charge in [0.15, 0.2) is 0 Å². The Morgan fingerprint density at radius 3 is 2.60 bits per heavy atom. The van der Waals surface area contributed by atoms with Crippen LogP contribution in [0.2, 0.25) is 0 Å². The lowest BCUT2D eigenvalue weighted by Crippen LogP contribution is -2.41. The van der Waals surface area contributed by atoms with Gasteiger partial charge in [0.1, 0.15) is 5.69 Å². The van der Waals surface area contributed by atoms with Gasteiger partial charge in [-0.3, -0.25) is 14.5 Å². The highest BCUT2D eigenvalue weighted by atomic mass is 16.2. The summed E-state index contributed by atoms with van der Waals surface area (Å²) in [7, 11) is 0. The third kappa shape index (κ3) is 4.54. The van der Waals surface area contributed by atoms with Gasteiger partial charge >= 0.3 is 0 Å². The van der Waals surface area contributed by atoms with E-state index in [0.717, 1.165) is 18.7 Å². The highest BCUT2D eigenvalue weighted by molar-refractivity contribution is 5.92. The lowest BCUT2D eigenvalue weighted by Gasteiger charge is -2.23. The fourth-order valence-corrected chi connectivity index (χ4v) is 3.08. The van der Waals surface area contributed by atoms with E-state index in [0.29, 0.717) is 19.1 Å². The number of likely N-dealkylation sites (tertiary alicyclic amines) is 1. The molecule has 3 rings (SSSR count). The summed E-state index contributed by atoms with van der Waals surface area (Å²) in [4.78, 5) is 26.8. The quantitative estimate of drug-likeness (QED) is 0.865. The number of hydrogen-bond donors (Lipinski definition) is 1. The summed E-state index contributed by atoms with van der Waals surface area (Å²) >= 11 is 0. The maximum atomic E-state index is 12.4. The van der Waals surface area contributed by atoms with E-state index in [1.807, 2.05) is 30.3 Å². The van der Waals surface area contributed by atoms with Gasteiger partial charge in [0.2, 0.25) is 0 Å². The van der Waals surface area contributed by atoms with E-state index in [1.165, 1.54) is 29.7 Å². The second-order valence-electron chi connectivity index (χ2n) is 6.50. The normalized spacial score (nSPS) is 15.9. The predicted molar refractivity (Wildman–Crippen MR) is 96.6 cm³/mol. The van der Waals surface area contributed by atoms with Crippen molar-refractivity contribution in [2.75, 3.05) is 19.6 Å². The largest absolute Gasteiger partial charge is 0.349 e. The van der Waals surface area contributed by atoms with Crippen LogP contribution in [0.25, 0.3) is 0 Å². The van der Waals surface area contributed by atoms with E-state index in [2.05, 4.69) is 22.2 Å². The van der Waals surface area contributed by atoms with E-state index in [4.69, 9.17) is 0 Å². The van der Waals surface area contributed by atoms with Gasteiger partial charge in [-0.2, -0.15) is 5.10 Å². The Balaban J connectivity index is 1.64. The summed E-state index contributed by atoms with van der Waals surface area (Å²) in [5.74, 6) is -0.243. The predicted octanol–water partition coefficient (Wildman–Crippen LogP) is 1.51.